The SMILES string of the molecule is CCCNCC(=O)Nc1ccc(CN2CCOCC2)cc1. The molecule has 1 saturated heterocycles. The Labute approximate surface area is 126 Å². The van der Waals surface area contributed by atoms with Gasteiger partial charge in [0.1, 0.15) is 0 Å². The molecular formula is C16H25N3O2. The van der Waals surface area contributed by atoms with E-state index >= 15 is 0 Å². The molecule has 1 heterocycles. The van der Waals surface area contributed by atoms with Crippen molar-refractivity contribution < 1.29 is 9.53 Å². The number of rotatable bonds is 7. The predicted octanol–water partition coefficient (Wildman–Crippen LogP) is 1.46. The minimum absolute atomic E-state index is 0.00405. The topological polar surface area (TPSA) is 53.6 Å². The fourth-order valence-electron chi connectivity index (χ4n) is 2.29. The Morgan fingerprint density at radius 3 is 2.62 bits per heavy atom. The molecule has 1 fully saturated rings. The Balaban J connectivity index is 1.77. The highest BCUT2D eigenvalue weighted by Crippen LogP contribution is 2.12. The van der Waals surface area contributed by atoms with Gasteiger partial charge < -0.3 is 15.4 Å². The van der Waals surface area contributed by atoms with Crippen LogP contribution in [0.15, 0.2) is 24.3 Å². The van der Waals surface area contributed by atoms with Crippen LogP contribution in [-0.2, 0) is 16.1 Å². The number of nitrogens with one attached hydrogen (secondary N) is 2. The number of nitrogens with zero attached hydrogens (tertiary/aromatic N) is 1. The molecule has 0 aromatic heterocycles. The van der Waals surface area contributed by atoms with Gasteiger partial charge in [-0.3, -0.25) is 9.69 Å². The van der Waals surface area contributed by atoms with E-state index in [4.69, 9.17) is 4.74 Å². The summed E-state index contributed by atoms with van der Waals surface area (Å²) >= 11 is 0. The molecule has 0 atom stereocenters. The van der Waals surface area contributed by atoms with E-state index in [0.29, 0.717) is 6.54 Å². The molecule has 2 rings (SSSR count). The normalized spacial score (nSPS) is 15.9. The third kappa shape index (κ3) is 5.83. The molecule has 0 spiro atoms. The number of carbonyl (C=O) groups is 1. The molecule has 0 saturated carbocycles. The third-order valence-electron chi connectivity index (χ3n) is 3.46. The van der Waals surface area contributed by atoms with Gasteiger partial charge in [-0.15, -0.1) is 0 Å². The van der Waals surface area contributed by atoms with Crippen molar-refractivity contribution in [1.29, 1.82) is 0 Å². The lowest BCUT2D eigenvalue weighted by Gasteiger charge is -2.26. The minimum atomic E-state index is 0.00405. The van der Waals surface area contributed by atoms with Crippen LogP contribution in [0, 0.1) is 0 Å². The van der Waals surface area contributed by atoms with Crippen LogP contribution in [0.5, 0.6) is 0 Å². The lowest BCUT2D eigenvalue weighted by molar-refractivity contribution is -0.115. The molecule has 0 bridgehead atoms. The Morgan fingerprint density at radius 2 is 1.95 bits per heavy atom. The van der Waals surface area contributed by atoms with Gasteiger partial charge in [0.15, 0.2) is 0 Å². The molecule has 5 heteroatoms. The Morgan fingerprint density at radius 1 is 1.24 bits per heavy atom. The summed E-state index contributed by atoms with van der Waals surface area (Å²) < 4.78 is 5.35. The summed E-state index contributed by atoms with van der Waals surface area (Å²) in [7, 11) is 0. The average molecular weight is 291 g/mol. The highest BCUT2D eigenvalue weighted by Gasteiger charge is 2.10. The standard InChI is InChI=1S/C16H25N3O2/c1-2-7-17-12-16(20)18-15-5-3-14(4-6-15)13-19-8-10-21-11-9-19/h3-6,17H,2,7-13H2,1H3,(H,18,20). The highest BCUT2D eigenvalue weighted by molar-refractivity contribution is 5.92. The largest absolute Gasteiger partial charge is 0.379 e. The second kappa shape index (κ2) is 8.77. The second-order valence-electron chi connectivity index (χ2n) is 5.31. The summed E-state index contributed by atoms with van der Waals surface area (Å²) in [6.45, 7) is 7.87. The van der Waals surface area contributed by atoms with E-state index in [1.54, 1.807) is 0 Å². The number of hydrogen-bond acceptors (Lipinski definition) is 4. The molecule has 116 valence electrons. The zero-order chi connectivity index (χ0) is 14.9. The van der Waals surface area contributed by atoms with Gasteiger partial charge in [-0.1, -0.05) is 19.1 Å². The molecule has 0 unspecified atom stereocenters. The zero-order valence-electron chi connectivity index (χ0n) is 12.7. The van der Waals surface area contributed by atoms with Crippen molar-refractivity contribution in [2.45, 2.75) is 19.9 Å². The van der Waals surface area contributed by atoms with Crippen LogP contribution in [0.1, 0.15) is 18.9 Å². The Bertz CT molecular complexity index is 428. The molecule has 5 nitrogen and oxygen atoms in total. The quantitative estimate of drug-likeness (QED) is 0.747. The number of ether oxygens (including phenoxy) is 1. The molecule has 1 aliphatic rings. The Kier molecular flexibility index (Phi) is 6.66. The predicted molar refractivity (Wildman–Crippen MR) is 84.3 cm³/mol. The molecule has 1 aromatic rings. The fourth-order valence-corrected chi connectivity index (χ4v) is 2.29. The van der Waals surface area contributed by atoms with Crippen LogP contribution in [0.4, 0.5) is 5.69 Å². The second-order valence-corrected chi connectivity index (χ2v) is 5.31. The van der Waals surface area contributed by atoms with Crippen LogP contribution >= 0.6 is 0 Å². The van der Waals surface area contributed by atoms with Crippen LogP contribution in [0.25, 0.3) is 0 Å². The Hall–Kier alpha value is -1.43. The first kappa shape index (κ1) is 15.9. The lowest BCUT2D eigenvalue weighted by atomic mass is 10.2. The number of hydrogen-bond donors (Lipinski definition) is 2. The van der Waals surface area contributed by atoms with Gasteiger partial charge >= 0.3 is 0 Å². The van der Waals surface area contributed by atoms with E-state index in [2.05, 4.69) is 34.6 Å². The van der Waals surface area contributed by atoms with Gasteiger partial charge in [0.05, 0.1) is 19.8 Å². The van der Waals surface area contributed by atoms with Crippen molar-refractivity contribution in [1.82, 2.24) is 10.2 Å². The first-order valence-corrected chi connectivity index (χ1v) is 7.67. The molecule has 21 heavy (non-hydrogen) atoms. The summed E-state index contributed by atoms with van der Waals surface area (Å²) in [4.78, 5) is 14.1. The zero-order valence-corrected chi connectivity index (χ0v) is 12.7. The number of morpholine rings is 1. The lowest BCUT2D eigenvalue weighted by Crippen LogP contribution is -2.35. The van der Waals surface area contributed by atoms with Crippen molar-refractivity contribution in [3.63, 3.8) is 0 Å². The molecule has 0 radical (unpaired) electrons. The average Bonchev–Trinajstić information content (AvgIpc) is 2.51. The molecule has 2 N–H and O–H groups in total. The third-order valence-corrected chi connectivity index (χ3v) is 3.46. The summed E-state index contributed by atoms with van der Waals surface area (Å²) in [6, 6.07) is 8.08. The highest BCUT2D eigenvalue weighted by atomic mass is 16.5. The number of benzene rings is 1. The summed E-state index contributed by atoms with van der Waals surface area (Å²) in [6.07, 6.45) is 1.03. The van der Waals surface area contributed by atoms with Crippen LogP contribution in [-0.4, -0.2) is 50.2 Å². The van der Waals surface area contributed by atoms with Crippen LogP contribution in [0.2, 0.25) is 0 Å². The van der Waals surface area contributed by atoms with Crippen LogP contribution < -0.4 is 10.6 Å². The van der Waals surface area contributed by atoms with Gasteiger partial charge in [-0.05, 0) is 30.7 Å². The van der Waals surface area contributed by atoms with Crippen molar-refractivity contribution in [3.8, 4) is 0 Å². The van der Waals surface area contributed by atoms with Gasteiger partial charge in [0.2, 0.25) is 5.91 Å². The molecule has 1 aromatic carbocycles. The first-order chi connectivity index (χ1) is 10.3. The summed E-state index contributed by atoms with van der Waals surface area (Å²) in [5.74, 6) is 0.00405. The van der Waals surface area contributed by atoms with Gasteiger partial charge in [0, 0.05) is 25.3 Å². The van der Waals surface area contributed by atoms with Gasteiger partial charge in [-0.2, -0.15) is 0 Å². The molecule has 1 aliphatic heterocycles. The smallest absolute Gasteiger partial charge is 0.238 e. The maximum Gasteiger partial charge on any atom is 0.238 e. The van der Waals surface area contributed by atoms with Crippen molar-refractivity contribution in [2.75, 3.05) is 44.7 Å². The van der Waals surface area contributed by atoms with Crippen molar-refractivity contribution in [3.05, 3.63) is 29.8 Å². The van der Waals surface area contributed by atoms with Crippen molar-refractivity contribution in [2.24, 2.45) is 0 Å². The number of carbonyl (C=O) groups excluding carboxylic acids is 1. The van der Waals surface area contributed by atoms with E-state index in [0.717, 1.165) is 51.5 Å². The minimum Gasteiger partial charge on any atom is -0.379 e. The van der Waals surface area contributed by atoms with E-state index in [9.17, 15) is 4.79 Å². The number of amides is 1. The van der Waals surface area contributed by atoms with Gasteiger partial charge in [0.25, 0.3) is 0 Å². The maximum atomic E-state index is 11.7. The summed E-state index contributed by atoms with van der Waals surface area (Å²) in [5.41, 5.74) is 2.11. The molecule has 1 amide bonds. The molecule has 0 aliphatic carbocycles. The van der Waals surface area contributed by atoms with E-state index in [1.165, 1.54) is 5.56 Å². The van der Waals surface area contributed by atoms with Gasteiger partial charge in [-0.25, -0.2) is 0 Å². The first-order valence-electron chi connectivity index (χ1n) is 7.67. The van der Waals surface area contributed by atoms with E-state index in [-0.39, 0.29) is 5.91 Å². The molecular weight excluding hydrogens is 266 g/mol. The maximum absolute atomic E-state index is 11.7. The summed E-state index contributed by atoms with van der Waals surface area (Å²) in [5, 5.41) is 5.99. The fraction of sp³-hybridized carbons (Fsp3) is 0.562. The van der Waals surface area contributed by atoms with E-state index < -0.39 is 0 Å². The number of anilines is 1. The van der Waals surface area contributed by atoms with E-state index in [1.807, 2.05) is 12.1 Å². The van der Waals surface area contributed by atoms with Crippen LogP contribution in [0.3, 0.4) is 0 Å². The van der Waals surface area contributed by atoms with Crippen molar-refractivity contribution >= 4 is 11.6 Å². The monoisotopic (exact) mass is 291 g/mol.